The van der Waals surface area contributed by atoms with Crippen LogP contribution in [0.2, 0.25) is 0 Å². The Morgan fingerprint density at radius 2 is 1.81 bits per heavy atom. The van der Waals surface area contributed by atoms with Gasteiger partial charge < -0.3 is 38.9 Å². The molecule has 2 N–H and O–H groups in total. The monoisotopic (exact) mass is 739 g/mol. The number of hydrogen-bond acceptors (Lipinski definition) is 10. The number of allylic oxidation sites excluding steroid dienone is 1. The number of unbranched alkanes of at least 4 members (excludes halogenated alkanes) is 2. The normalized spacial score (nSPS) is 27.2. The first-order valence-electron chi connectivity index (χ1n) is 19.7. The number of carbonyl (C=O) groups is 1. The van der Waals surface area contributed by atoms with E-state index in [2.05, 4.69) is 23.6 Å². The molecule has 4 aliphatic rings. The van der Waals surface area contributed by atoms with Crippen LogP contribution in [0.1, 0.15) is 98.0 Å². The summed E-state index contributed by atoms with van der Waals surface area (Å²) in [6.45, 7) is 20.4. The van der Waals surface area contributed by atoms with Crippen molar-refractivity contribution in [2.45, 2.75) is 110 Å². The second-order valence-corrected chi connectivity index (χ2v) is 17.4. The Hall–Kier alpha value is -3.12. The minimum Gasteiger partial charge on any atom is -0.492 e. The van der Waals surface area contributed by atoms with Gasteiger partial charge in [0.15, 0.2) is 0 Å². The van der Waals surface area contributed by atoms with Crippen LogP contribution in [0.25, 0.3) is 0 Å². The summed E-state index contributed by atoms with van der Waals surface area (Å²) in [7, 11) is 1.76. The summed E-state index contributed by atoms with van der Waals surface area (Å²) in [6.07, 6.45) is 8.82. The molecular weight excluding hydrogens is 674 g/mol. The maximum absolute atomic E-state index is 14.0. The van der Waals surface area contributed by atoms with Crippen LogP contribution < -0.4 is 9.47 Å². The third kappa shape index (κ3) is 10.1. The fourth-order valence-corrected chi connectivity index (χ4v) is 8.10. The summed E-state index contributed by atoms with van der Waals surface area (Å²) >= 11 is 0. The molecule has 5 rings (SSSR count). The zero-order chi connectivity index (χ0) is 38.4. The Morgan fingerprint density at radius 3 is 2.45 bits per heavy atom. The molecule has 1 aromatic rings. The molecule has 0 aromatic heterocycles. The quantitative estimate of drug-likeness (QED) is 0.0715. The Morgan fingerprint density at radius 1 is 1.09 bits per heavy atom. The number of hydrogen-bond donors (Lipinski definition) is 2. The van der Waals surface area contributed by atoms with E-state index in [1.807, 2.05) is 53.7 Å². The van der Waals surface area contributed by atoms with Crippen molar-refractivity contribution >= 4 is 11.8 Å². The lowest BCUT2D eigenvalue weighted by Gasteiger charge is -2.59. The van der Waals surface area contributed by atoms with Gasteiger partial charge in [0.25, 0.3) is 0 Å². The number of aliphatic hydroxyl groups excluding tert-OH is 2. The summed E-state index contributed by atoms with van der Waals surface area (Å²) in [5.74, 6) is -0.0371. The lowest BCUT2D eigenvalue weighted by molar-refractivity contribution is -0.254. The first kappa shape index (κ1) is 41.1. The first-order valence-corrected chi connectivity index (χ1v) is 19.7. The molecule has 2 aliphatic heterocycles. The van der Waals surface area contributed by atoms with E-state index in [0.717, 1.165) is 74.3 Å². The van der Waals surface area contributed by atoms with E-state index in [1.54, 1.807) is 18.0 Å². The summed E-state index contributed by atoms with van der Waals surface area (Å²) in [6, 6.07) is 5.45. The molecule has 1 aromatic carbocycles. The van der Waals surface area contributed by atoms with Crippen molar-refractivity contribution in [3.63, 3.8) is 0 Å². The molecule has 53 heavy (non-hydrogen) atoms. The third-order valence-electron chi connectivity index (χ3n) is 10.7. The minimum absolute atomic E-state index is 0.112. The number of nitrogens with zero attached hydrogens (tertiary/aromatic N) is 3. The molecule has 1 saturated heterocycles. The molecule has 0 unspecified atom stereocenters. The van der Waals surface area contributed by atoms with Crippen LogP contribution in [0.15, 0.2) is 47.7 Å². The van der Waals surface area contributed by atoms with E-state index in [-0.39, 0.29) is 55.5 Å². The zero-order valence-corrected chi connectivity index (χ0v) is 33.3. The molecule has 2 heterocycles. The SMILES string of the molecule is C=CCO[C@@]12Oc3ccc(OCCN4CC4)cc3[C@H]3[C@H](CCCCO)[C@@H](CCCCO)C=C(C(=NOC(C)(C)C)C[C@@H]1N(C)C(=O)OCC(C)(C)C)[C@H]32. The van der Waals surface area contributed by atoms with E-state index in [0.29, 0.717) is 25.2 Å². The number of fused-ring (bicyclic) bond motifs is 2. The largest absolute Gasteiger partial charge is 0.492 e. The van der Waals surface area contributed by atoms with Crippen LogP contribution in [0.3, 0.4) is 0 Å². The van der Waals surface area contributed by atoms with Gasteiger partial charge in [0, 0.05) is 57.8 Å². The van der Waals surface area contributed by atoms with E-state index < -0.39 is 23.5 Å². The lowest BCUT2D eigenvalue weighted by atomic mass is 9.55. The second kappa shape index (κ2) is 17.6. The average molecular weight is 740 g/mol. The fraction of sp³-hybridized carbons (Fsp3) is 0.714. The lowest BCUT2D eigenvalue weighted by Crippen LogP contribution is -2.69. The molecular formula is C42H65N3O8. The van der Waals surface area contributed by atoms with E-state index >= 15 is 0 Å². The van der Waals surface area contributed by atoms with E-state index in [9.17, 15) is 15.0 Å². The standard InChI is InChI=1S/C42H65N3O8/c1-9-23-51-42-36(44(8)39(48)50-28-40(2,3)4)27-34(43-53-41(5,6)7)32-25-29(14-10-12-21-46)31(15-11-13-22-47)37(38(32)42)33-26-30(16-17-35(33)52-42)49-24-20-45-18-19-45/h9,16-17,25-26,29,31,36-38,46-47H,1,10-15,18-24,27-28H2,2-8H3/t29-,31+,36-,37+,38+,42+/m0/s1. The van der Waals surface area contributed by atoms with Gasteiger partial charge in [-0.15, -0.1) is 6.58 Å². The minimum atomic E-state index is -1.32. The Labute approximate surface area is 317 Å². The molecule has 6 atom stereocenters. The van der Waals surface area contributed by atoms with Crippen molar-refractivity contribution in [1.82, 2.24) is 9.80 Å². The van der Waals surface area contributed by atoms with Crippen molar-refractivity contribution in [1.29, 1.82) is 0 Å². The van der Waals surface area contributed by atoms with Gasteiger partial charge in [-0.3, -0.25) is 4.90 Å². The van der Waals surface area contributed by atoms with Crippen molar-refractivity contribution in [3.05, 3.63) is 48.1 Å². The molecule has 2 aliphatic carbocycles. The van der Waals surface area contributed by atoms with Gasteiger partial charge in [-0.25, -0.2) is 4.79 Å². The summed E-state index contributed by atoms with van der Waals surface area (Å²) < 4.78 is 26.4. The van der Waals surface area contributed by atoms with Gasteiger partial charge >= 0.3 is 6.09 Å². The predicted molar refractivity (Wildman–Crippen MR) is 206 cm³/mol. The van der Waals surface area contributed by atoms with Crippen LogP contribution in [-0.4, -0.2) is 109 Å². The highest BCUT2D eigenvalue weighted by molar-refractivity contribution is 6.03. The molecule has 2 fully saturated rings. The highest BCUT2D eigenvalue weighted by Gasteiger charge is 2.65. The molecule has 0 spiro atoms. The van der Waals surface area contributed by atoms with Gasteiger partial charge in [0.2, 0.25) is 5.79 Å². The van der Waals surface area contributed by atoms with Crippen LogP contribution in [-0.2, 0) is 14.3 Å². The van der Waals surface area contributed by atoms with Crippen LogP contribution in [0.4, 0.5) is 4.79 Å². The maximum atomic E-state index is 14.0. The summed E-state index contributed by atoms with van der Waals surface area (Å²) in [5, 5.41) is 24.5. The van der Waals surface area contributed by atoms with Crippen molar-refractivity contribution in [2.24, 2.45) is 28.3 Å². The Kier molecular flexibility index (Phi) is 13.6. The molecule has 1 saturated carbocycles. The second-order valence-electron chi connectivity index (χ2n) is 17.4. The number of amides is 1. The van der Waals surface area contributed by atoms with Gasteiger partial charge in [-0.05, 0) is 87.5 Å². The highest BCUT2D eigenvalue weighted by Crippen LogP contribution is 2.61. The maximum Gasteiger partial charge on any atom is 0.410 e. The smallest absolute Gasteiger partial charge is 0.410 e. The number of ether oxygens (including phenoxy) is 4. The fourth-order valence-electron chi connectivity index (χ4n) is 8.10. The van der Waals surface area contributed by atoms with Crippen molar-refractivity contribution in [3.8, 4) is 11.5 Å². The topological polar surface area (TPSA) is 122 Å². The summed E-state index contributed by atoms with van der Waals surface area (Å²) in [5.41, 5.74) is 2.03. The van der Waals surface area contributed by atoms with Crippen LogP contribution in [0, 0.1) is 23.2 Å². The van der Waals surface area contributed by atoms with Gasteiger partial charge in [0.05, 0.1) is 24.8 Å². The average Bonchev–Trinajstić information content (AvgIpc) is 3.94. The number of aliphatic hydroxyl groups is 2. The Balaban J connectivity index is 1.71. The molecule has 0 radical (unpaired) electrons. The van der Waals surface area contributed by atoms with Crippen molar-refractivity contribution < 1.29 is 38.8 Å². The predicted octanol–water partition coefficient (Wildman–Crippen LogP) is 6.93. The molecule has 1 amide bonds. The molecule has 11 nitrogen and oxygen atoms in total. The number of benzene rings is 1. The zero-order valence-electron chi connectivity index (χ0n) is 33.3. The summed E-state index contributed by atoms with van der Waals surface area (Å²) in [4.78, 5) is 24.1. The Bertz CT molecular complexity index is 1460. The van der Waals surface area contributed by atoms with E-state index in [1.165, 1.54) is 0 Å². The molecule has 296 valence electrons. The van der Waals surface area contributed by atoms with Gasteiger partial charge in [-0.1, -0.05) is 50.9 Å². The third-order valence-corrected chi connectivity index (χ3v) is 10.7. The van der Waals surface area contributed by atoms with Crippen molar-refractivity contribution in [2.75, 3.05) is 59.7 Å². The molecule has 11 heteroatoms. The number of oxime groups is 1. The van der Waals surface area contributed by atoms with Crippen LogP contribution >= 0.6 is 0 Å². The van der Waals surface area contributed by atoms with Crippen LogP contribution in [0.5, 0.6) is 11.5 Å². The van der Waals surface area contributed by atoms with Gasteiger partial charge in [-0.2, -0.15) is 0 Å². The molecule has 0 bridgehead atoms. The number of likely N-dealkylation sites (N-methyl/N-ethyl adjacent to an activating group) is 1. The van der Waals surface area contributed by atoms with Gasteiger partial charge in [0.1, 0.15) is 29.7 Å². The first-order chi connectivity index (χ1) is 25.2. The highest BCUT2D eigenvalue weighted by atomic mass is 16.7. The number of rotatable bonds is 18. The van der Waals surface area contributed by atoms with E-state index in [4.69, 9.17) is 28.9 Å². The number of carbonyl (C=O) groups excluding carboxylic acids is 1.